The number of nitrogens with one attached hydrogen (secondary N) is 2. The molecule has 0 spiro atoms. The molecular weight excluding hydrogens is 266 g/mol. The van der Waals surface area contributed by atoms with Gasteiger partial charge in [0.05, 0.1) is 19.8 Å². The molecule has 0 unspecified atom stereocenters. The van der Waals surface area contributed by atoms with Crippen LogP contribution in [0.4, 0.5) is 0 Å². The van der Waals surface area contributed by atoms with Gasteiger partial charge < -0.3 is 30.9 Å². The highest BCUT2D eigenvalue weighted by Gasteiger charge is 2.28. The summed E-state index contributed by atoms with van der Waals surface area (Å²) in [5.74, 6) is 0. The van der Waals surface area contributed by atoms with E-state index in [0.717, 1.165) is 13.0 Å². The second-order valence-electron chi connectivity index (χ2n) is 4.29. The highest BCUT2D eigenvalue weighted by molar-refractivity contribution is 7.80. The van der Waals surface area contributed by atoms with E-state index in [4.69, 9.17) is 27.5 Å². The van der Waals surface area contributed by atoms with Gasteiger partial charge in [0.2, 0.25) is 0 Å². The molecule has 0 aliphatic carbocycles. The maximum Gasteiger partial charge on any atom is 0.166 e. The Morgan fingerprint density at radius 3 is 1.95 bits per heavy atom. The Morgan fingerprint density at radius 2 is 1.58 bits per heavy atom. The quantitative estimate of drug-likeness (QED) is 0.294. The maximum atomic E-state index is 9.09. The van der Waals surface area contributed by atoms with Gasteiger partial charge in [0.1, 0.15) is 5.54 Å². The van der Waals surface area contributed by atoms with Crippen LogP contribution in [-0.4, -0.2) is 77.9 Å². The first-order valence-corrected chi connectivity index (χ1v) is 6.94. The molecule has 0 radical (unpaired) electrons. The fourth-order valence-electron chi connectivity index (χ4n) is 1.15. The van der Waals surface area contributed by atoms with E-state index in [1.54, 1.807) is 0 Å². The van der Waals surface area contributed by atoms with Crippen molar-refractivity contribution in [1.29, 1.82) is 0 Å². The van der Waals surface area contributed by atoms with Crippen LogP contribution in [0.15, 0.2) is 0 Å². The lowest BCUT2D eigenvalue weighted by Crippen LogP contribution is -2.59. The Bertz CT molecular complexity index is 216. The van der Waals surface area contributed by atoms with Gasteiger partial charge in [-0.05, 0) is 39.3 Å². The molecule has 0 bridgehead atoms. The van der Waals surface area contributed by atoms with Crippen molar-refractivity contribution in [2.45, 2.75) is 25.8 Å². The second-order valence-corrected chi connectivity index (χ2v) is 4.70. The highest BCUT2D eigenvalue weighted by Crippen LogP contribution is 2.00. The van der Waals surface area contributed by atoms with Crippen molar-refractivity contribution in [2.24, 2.45) is 0 Å². The fourth-order valence-corrected chi connectivity index (χ4v) is 1.47. The Balaban J connectivity index is 0. The standard InChI is InChI=1S/C10H23N3O3S.C2H6/c1-13(2)5-3-4-11-9(17)12-10(6-14,7-15)8-16;1-2/h14-16H,3-8H2,1-2H3,(H2,11,12,17);1-2H3. The lowest BCUT2D eigenvalue weighted by molar-refractivity contribution is 0.0557. The van der Waals surface area contributed by atoms with Gasteiger partial charge in [-0.3, -0.25) is 0 Å². The van der Waals surface area contributed by atoms with Gasteiger partial charge in [-0.15, -0.1) is 0 Å². The summed E-state index contributed by atoms with van der Waals surface area (Å²) >= 11 is 5.01. The number of rotatable bonds is 8. The van der Waals surface area contributed by atoms with E-state index in [0.29, 0.717) is 11.7 Å². The average Bonchev–Trinajstić information content (AvgIpc) is 2.43. The van der Waals surface area contributed by atoms with Gasteiger partial charge in [0.15, 0.2) is 5.11 Å². The van der Waals surface area contributed by atoms with Crippen LogP contribution in [0.25, 0.3) is 0 Å². The predicted molar refractivity (Wildman–Crippen MR) is 82.2 cm³/mol. The van der Waals surface area contributed by atoms with Crippen molar-refractivity contribution in [1.82, 2.24) is 15.5 Å². The smallest absolute Gasteiger partial charge is 0.166 e. The molecule has 0 saturated carbocycles. The lowest BCUT2D eigenvalue weighted by atomic mass is 10.0. The average molecular weight is 295 g/mol. The van der Waals surface area contributed by atoms with E-state index in [2.05, 4.69) is 15.5 Å². The number of nitrogens with zero attached hydrogens (tertiary/aromatic N) is 1. The van der Waals surface area contributed by atoms with Crippen LogP contribution in [0.1, 0.15) is 20.3 Å². The summed E-state index contributed by atoms with van der Waals surface area (Å²) in [6.45, 7) is 4.47. The first-order valence-electron chi connectivity index (χ1n) is 6.53. The summed E-state index contributed by atoms with van der Waals surface area (Å²) in [4.78, 5) is 2.07. The molecule has 19 heavy (non-hydrogen) atoms. The predicted octanol–water partition coefficient (Wildman–Crippen LogP) is -0.856. The van der Waals surface area contributed by atoms with E-state index in [-0.39, 0.29) is 19.8 Å². The summed E-state index contributed by atoms with van der Waals surface area (Å²) in [5.41, 5.74) is -1.16. The van der Waals surface area contributed by atoms with Crippen LogP contribution in [0.2, 0.25) is 0 Å². The van der Waals surface area contributed by atoms with E-state index >= 15 is 0 Å². The Hall–Kier alpha value is -0.470. The molecule has 0 fully saturated rings. The first-order chi connectivity index (χ1) is 8.99. The third-order valence-electron chi connectivity index (χ3n) is 2.35. The molecule has 0 aliphatic rings. The lowest BCUT2D eigenvalue weighted by Gasteiger charge is -2.30. The van der Waals surface area contributed by atoms with Crippen LogP contribution in [0, 0.1) is 0 Å². The third-order valence-corrected chi connectivity index (χ3v) is 2.60. The number of hydrogen-bond acceptors (Lipinski definition) is 5. The van der Waals surface area contributed by atoms with Crippen LogP contribution < -0.4 is 10.6 Å². The van der Waals surface area contributed by atoms with Gasteiger partial charge in [-0.2, -0.15) is 0 Å². The molecule has 6 nitrogen and oxygen atoms in total. The minimum Gasteiger partial charge on any atom is -0.394 e. The monoisotopic (exact) mass is 295 g/mol. The molecule has 0 aromatic rings. The van der Waals surface area contributed by atoms with Gasteiger partial charge in [-0.1, -0.05) is 13.8 Å². The van der Waals surface area contributed by atoms with Crippen LogP contribution in [0.5, 0.6) is 0 Å². The minimum absolute atomic E-state index is 0.320. The van der Waals surface area contributed by atoms with Crippen LogP contribution >= 0.6 is 12.2 Å². The summed E-state index contributed by atoms with van der Waals surface area (Å²) in [6.07, 6.45) is 0.930. The van der Waals surface area contributed by atoms with Crippen molar-refractivity contribution in [3.8, 4) is 0 Å². The molecule has 0 aromatic carbocycles. The van der Waals surface area contributed by atoms with E-state index in [1.807, 2.05) is 27.9 Å². The van der Waals surface area contributed by atoms with E-state index < -0.39 is 5.54 Å². The molecule has 7 heteroatoms. The van der Waals surface area contributed by atoms with Crippen LogP contribution in [0.3, 0.4) is 0 Å². The number of aliphatic hydroxyl groups excluding tert-OH is 3. The molecule has 0 saturated heterocycles. The zero-order valence-corrected chi connectivity index (χ0v) is 13.3. The molecule has 0 amide bonds. The maximum absolute atomic E-state index is 9.09. The Kier molecular flexibility index (Phi) is 13.8. The molecule has 0 rings (SSSR count). The zero-order valence-electron chi connectivity index (χ0n) is 12.4. The largest absolute Gasteiger partial charge is 0.394 e. The minimum atomic E-state index is -1.16. The van der Waals surface area contributed by atoms with Crippen molar-refractivity contribution in [2.75, 3.05) is 47.0 Å². The van der Waals surface area contributed by atoms with Crippen molar-refractivity contribution < 1.29 is 15.3 Å². The second kappa shape index (κ2) is 12.6. The number of aliphatic hydroxyl groups is 3. The van der Waals surface area contributed by atoms with Crippen molar-refractivity contribution in [3.05, 3.63) is 0 Å². The summed E-state index contributed by atoms with van der Waals surface area (Å²) in [5, 5.41) is 33.3. The van der Waals surface area contributed by atoms with Gasteiger partial charge in [-0.25, -0.2) is 0 Å². The summed E-state index contributed by atoms with van der Waals surface area (Å²) in [6, 6.07) is 0. The molecule has 116 valence electrons. The third kappa shape index (κ3) is 10.0. The molecule has 5 N–H and O–H groups in total. The highest BCUT2D eigenvalue weighted by atomic mass is 32.1. The van der Waals surface area contributed by atoms with Gasteiger partial charge in [0, 0.05) is 6.54 Å². The summed E-state index contributed by atoms with van der Waals surface area (Å²) in [7, 11) is 3.98. The van der Waals surface area contributed by atoms with E-state index in [9.17, 15) is 0 Å². The van der Waals surface area contributed by atoms with Gasteiger partial charge in [0.25, 0.3) is 0 Å². The van der Waals surface area contributed by atoms with Crippen molar-refractivity contribution >= 4 is 17.3 Å². The molecule has 0 aromatic heterocycles. The normalized spacial score (nSPS) is 10.7. The molecule has 0 heterocycles. The summed E-state index contributed by atoms with van der Waals surface area (Å²) < 4.78 is 0. The SMILES string of the molecule is CC.CN(C)CCCNC(=S)NC(CO)(CO)CO. The van der Waals surface area contributed by atoms with Gasteiger partial charge >= 0.3 is 0 Å². The van der Waals surface area contributed by atoms with Crippen molar-refractivity contribution in [3.63, 3.8) is 0 Å². The molecule has 0 atom stereocenters. The molecule has 0 aliphatic heterocycles. The first kappa shape index (κ1) is 20.8. The molecular formula is C12H29N3O3S. The number of thiocarbonyl (C=S) groups is 1. The van der Waals surface area contributed by atoms with Crippen LogP contribution in [-0.2, 0) is 0 Å². The Morgan fingerprint density at radius 1 is 1.11 bits per heavy atom. The number of hydrogen-bond donors (Lipinski definition) is 5. The van der Waals surface area contributed by atoms with E-state index in [1.165, 1.54) is 0 Å². The fraction of sp³-hybridized carbons (Fsp3) is 0.917. The Labute approximate surface area is 121 Å². The topological polar surface area (TPSA) is 88.0 Å². The zero-order chi connectivity index (χ0) is 15.3.